The van der Waals surface area contributed by atoms with Gasteiger partial charge in [0.2, 0.25) is 10.0 Å². The maximum Gasteiger partial charge on any atom is 0.253 e. The second kappa shape index (κ2) is 9.83. The van der Waals surface area contributed by atoms with E-state index in [1.165, 1.54) is 30.0 Å². The quantitative estimate of drug-likeness (QED) is 0.672. The zero-order valence-corrected chi connectivity index (χ0v) is 20.2. The van der Waals surface area contributed by atoms with Gasteiger partial charge in [-0.1, -0.05) is 43.2 Å². The molecule has 33 heavy (non-hydrogen) atoms. The SMILES string of the molecule is CN(C)S(=O)(=O)c1ccc(N2CCOCC2)c(C(=O)NCC2(c3ccccc3)CCCC2)c1. The number of benzene rings is 2. The molecule has 2 fully saturated rings. The van der Waals surface area contributed by atoms with Crippen molar-refractivity contribution in [2.75, 3.05) is 51.8 Å². The average molecular weight is 472 g/mol. The van der Waals surface area contributed by atoms with Crippen LogP contribution in [0.5, 0.6) is 0 Å². The average Bonchev–Trinajstić information content (AvgIpc) is 3.33. The first-order valence-electron chi connectivity index (χ1n) is 11.6. The number of anilines is 1. The predicted molar refractivity (Wildman–Crippen MR) is 129 cm³/mol. The van der Waals surface area contributed by atoms with E-state index in [1.54, 1.807) is 12.1 Å². The van der Waals surface area contributed by atoms with Crippen LogP contribution >= 0.6 is 0 Å². The Kier molecular flexibility index (Phi) is 7.07. The number of ether oxygens (including phenoxy) is 1. The molecule has 7 nitrogen and oxygen atoms in total. The minimum atomic E-state index is -3.66. The van der Waals surface area contributed by atoms with Crippen molar-refractivity contribution < 1.29 is 17.9 Å². The van der Waals surface area contributed by atoms with Gasteiger partial charge < -0.3 is 15.0 Å². The first kappa shape index (κ1) is 23.7. The van der Waals surface area contributed by atoms with Crippen LogP contribution in [-0.4, -0.2) is 65.6 Å². The summed E-state index contributed by atoms with van der Waals surface area (Å²) >= 11 is 0. The summed E-state index contributed by atoms with van der Waals surface area (Å²) < 4.78 is 32.1. The molecule has 1 aliphatic carbocycles. The molecule has 178 valence electrons. The molecule has 1 saturated carbocycles. The Bertz CT molecular complexity index is 1070. The molecule has 0 bridgehead atoms. The Morgan fingerprint density at radius 3 is 2.36 bits per heavy atom. The molecule has 2 aromatic rings. The molecule has 0 atom stereocenters. The van der Waals surface area contributed by atoms with Crippen LogP contribution in [0, 0.1) is 0 Å². The van der Waals surface area contributed by atoms with Gasteiger partial charge in [0.25, 0.3) is 5.91 Å². The van der Waals surface area contributed by atoms with Crippen molar-refractivity contribution >= 4 is 21.6 Å². The number of nitrogens with zero attached hydrogens (tertiary/aromatic N) is 2. The Labute approximate surface area is 196 Å². The number of nitrogens with one attached hydrogen (secondary N) is 1. The molecule has 1 amide bonds. The molecule has 0 aromatic heterocycles. The molecule has 0 spiro atoms. The van der Waals surface area contributed by atoms with Crippen molar-refractivity contribution in [1.29, 1.82) is 0 Å². The van der Waals surface area contributed by atoms with Crippen LogP contribution in [-0.2, 0) is 20.2 Å². The van der Waals surface area contributed by atoms with Crippen molar-refractivity contribution in [3.05, 3.63) is 59.7 Å². The van der Waals surface area contributed by atoms with Crippen LogP contribution in [0.15, 0.2) is 53.4 Å². The number of amides is 1. The molecule has 1 N–H and O–H groups in total. The van der Waals surface area contributed by atoms with Gasteiger partial charge in [-0.3, -0.25) is 4.79 Å². The highest BCUT2D eigenvalue weighted by molar-refractivity contribution is 7.89. The highest BCUT2D eigenvalue weighted by Gasteiger charge is 2.36. The molecule has 0 radical (unpaired) electrons. The molecule has 4 rings (SSSR count). The van der Waals surface area contributed by atoms with E-state index < -0.39 is 10.0 Å². The smallest absolute Gasteiger partial charge is 0.253 e. The molecule has 1 saturated heterocycles. The van der Waals surface area contributed by atoms with Crippen molar-refractivity contribution in [3.8, 4) is 0 Å². The fraction of sp³-hybridized carbons (Fsp3) is 0.480. The van der Waals surface area contributed by atoms with Gasteiger partial charge >= 0.3 is 0 Å². The van der Waals surface area contributed by atoms with Gasteiger partial charge in [0.15, 0.2) is 0 Å². The van der Waals surface area contributed by atoms with E-state index in [0.29, 0.717) is 38.4 Å². The van der Waals surface area contributed by atoms with Crippen LogP contribution in [0.4, 0.5) is 5.69 Å². The lowest BCUT2D eigenvalue weighted by atomic mass is 9.79. The van der Waals surface area contributed by atoms with Gasteiger partial charge in [-0.2, -0.15) is 0 Å². The van der Waals surface area contributed by atoms with Crippen LogP contribution in [0.3, 0.4) is 0 Å². The molecular weight excluding hydrogens is 438 g/mol. The lowest BCUT2D eigenvalue weighted by molar-refractivity contribution is 0.0941. The third-order valence-electron chi connectivity index (χ3n) is 6.88. The van der Waals surface area contributed by atoms with Crippen LogP contribution in [0.2, 0.25) is 0 Å². The third-order valence-corrected chi connectivity index (χ3v) is 8.69. The predicted octanol–water partition coefficient (Wildman–Crippen LogP) is 3.02. The fourth-order valence-corrected chi connectivity index (χ4v) is 5.83. The molecular formula is C25H33N3O4S. The monoisotopic (exact) mass is 471 g/mol. The number of morpholine rings is 1. The van der Waals surface area contributed by atoms with Gasteiger partial charge in [-0.25, -0.2) is 12.7 Å². The third kappa shape index (κ3) is 4.93. The summed E-state index contributed by atoms with van der Waals surface area (Å²) in [7, 11) is -0.666. The van der Waals surface area contributed by atoms with E-state index in [4.69, 9.17) is 4.74 Å². The normalized spacial score (nSPS) is 18.5. The van der Waals surface area contributed by atoms with Crippen molar-refractivity contribution in [2.45, 2.75) is 36.0 Å². The zero-order chi connectivity index (χ0) is 23.5. The lowest BCUT2D eigenvalue weighted by Gasteiger charge is -2.32. The van der Waals surface area contributed by atoms with Gasteiger partial charge in [-0.05, 0) is 36.6 Å². The summed E-state index contributed by atoms with van der Waals surface area (Å²) in [6.07, 6.45) is 4.34. The summed E-state index contributed by atoms with van der Waals surface area (Å²) in [5.74, 6) is -0.241. The number of rotatable bonds is 7. The first-order chi connectivity index (χ1) is 15.8. The Balaban J connectivity index is 1.64. The molecule has 1 aliphatic heterocycles. The van der Waals surface area contributed by atoms with Crippen LogP contribution < -0.4 is 10.2 Å². The van der Waals surface area contributed by atoms with Crippen molar-refractivity contribution in [3.63, 3.8) is 0 Å². The van der Waals surface area contributed by atoms with Crippen LogP contribution in [0.25, 0.3) is 0 Å². The number of hydrogen-bond donors (Lipinski definition) is 1. The molecule has 1 heterocycles. The molecule has 0 unspecified atom stereocenters. The van der Waals surface area contributed by atoms with E-state index in [-0.39, 0.29) is 16.2 Å². The number of carbonyl (C=O) groups excluding carboxylic acids is 1. The number of sulfonamides is 1. The van der Waals surface area contributed by atoms with Gasteiger partial charge in [-0.15, -0.1) is 0 Å². The summed E-state index contributed by atoms with van der Waals surface area (Å²) in [5.41, 5.74) is 2.30. The molecule has 8 heteroatoms. The van der Waals surface area contributed by atoms with E-state index in [2.05, 4.69) is 22.3 Å². The van der Waals surface area contributed by atoms with E-state index in [1.807, 2.05) is 18.2 Å². The minimum absolute atomic E-state index is 0.0800. The van der Waals surface area contributed by atoms with Crippen molar-refractivity contribution in [1.82, 2.24) is 9.62 Å². The van der Waals surface area contributed by atoms with Gasteiger partial charge in [0.05, 0.1) is 23.7 Å². The summed E-state index contributed by atoms with van der Waals surface area (Å²) in [6, 6.07) is 15.2. The fourth-order valence-electron chi connectivity index (χ4n) is 4.90. The van der Waals surface area contributed by atoms with Crippen LogP contribution in [0.1, 0.15) is 41.6 Å². The Morgan fingerprint density at radius 1 is 1.06 bits per heavy atom. The lowest BCUT2D eigenvalue weighted by Crippen LogP contribution is -2.41. The van der Waals surface area contributed by atoms with Gasteiger partial charge in [0, 0.05) is 44.8 Å². The molecule has 2 aromatic carbocycles. The highest BCUT2D eigenvalue weighted by Crippen LogP contribution is 2.40. The number of hydrogen-bond acceptors (Lipinski definition) is 5. The molecule has 2 aliphatic rings. The van der Waals surface area contributed by atoms with Crippen molar-refractivity contribution in [2.24, 2.45) is 0 Å². The zero-order valence-electron chi connectivity index (χ0n) is 19.4. The highest BCUT2D eigenvalue weighted by atomic mass is 32.2. The first-order valence-corrected chi connectivity index (χ1v) is 13.0. The number of carbonyl (C=O) groups is 1. The maximum absolute atomic E-state index is 13.5. The standard InChI is InChI=1S/C25H33N3O4S/c1-27(2)33(30,31)21-10-11-23(28-14-16-32-17-15-28)22(18-21)24(29)26-19-25(12-6-7-13-25)20-8-4-3-5-9-20/h3-5,8-11,18H,6-7,12-17,19H2,1-2H3,(H,26,29). The largest absolute Gasteiger partial charge is 0.378 e. The minimum Gasteiger partial charge on any atom is -0.378 e. The second-order valence-electron chi connectivity index (χ2n) is 9.10. The van der Waals surface area contributed by atoms with E-state index >= 15 is 0 Å². The summed E-state index contributed by atoms with van der Waals surface area (Å²) in [6.45, 7) is 3.01. The summed E-state index contributed by atoms with van der Waals surface area (Å²) in [4.78, 5) is 15.7. The second-order valence-corrected chi connectivity index (χ2v) is 11.3. The topological polar surface area (TPSA) is 79.0 Å². The Hall–Kier alpha value is -2.42. The Morgan fingerprint density at radius 2 is 1.73 bits per heavy atom. The van der Waals surface area contributed by atoms with Gasteiger partial charge in [0.1, 0.15) is 0 Å². The van der Waals surface area contributed by atoms with E-state index in [0.717, 1.165) is 31.4 Å². The summed E-state index contributed by atoms with van der Waals surface area (Å²) in [5, 5.41) is 3.16. The maximum atomic E-state index is 13.5. The van der Waals surface area contributed by atoms with E-state index in [9.17, 15) is 13.2 Å².